The Morgan fingerprint density at radius 1 is 1.33 bits per heavy atom. The number of ether oxygens (including phenoxy) is 1. The number of methoxy groups -OCH3 is 1. The standard InChI is InChI=1S/C15H14ClFN2O2/c1-8-5-10(7-11(14(8)18)15(20)21-2)19-13-4-3-9(16)6-12(13)17/h3-7,19H,18H2,1-2H3. The summed E-state index contributed by atoms with van der Waals surface area (Å²) in [7, 11) is 1.27. The van der Waals surface area contributed by atoms with Crippen molar-refractivity contribution in [1.82, 2.24) is 0 Å². The van der Waals surface area contributed by atoms with Crippen molar-refractivity contribution >= 4 is 34.6 Å². The molecule has 2 aromatic carbocycles. The van der Waals surface area contributed by atoms with Gasteiger partial charge in [-0.05, 0) is 42.8 Å². The van der Waals surface area contributed by atoms with Crippen LogP contribution in [0, 0.1) is 12.7 Å². The van der Waals surface area contributed by atoms with Gasteiger partial charge >= 0.3 is 5.97 Å². The summed E-state index contributed by atoms with van der Waals surface area (Å²) in [5.74, 6) is -1.03. The van der Waals surface area contributed by atoms with Gasteiger partial charge in [0.1, 0.15) is 5.82 Å². The van der Waals surface area contributed by atoms with E-state index in [0.29, 0.717) is 22.0 Å². The summed E-state index contributed by atoms with van der Waals surface area (Å²) < 4.78 is 18.5. The van der Waals surface area contributed by atoms with Gasteiger partial charge in [0.2, 0.25) is 0 Å². The molecule has 0 saturated carbocycles. The van der Waals surface area contributed by atoms with Crippen molar-refractivity contribution in [1.29, 1.82) is 0 Å². The van der Waals surface area contributed by atoms with Crippen molar-refractivity contribution in [3.63, 3.8) is 0 Å². The highest BCUT2D eigenvalue weighted by atomic mass is 35.5. The Kier molecular flexibility index (Phi) is 4.33. The highest BCUT2D eigenvalue weighted by Crippen LogP contribution is 2.28. The van der Waals surface area contributed by atoms with Gasteiger partial charge in [-0.15, -0.1) is 0 Å². The zero-order valence-electron chi connectivity index (χ0n) is 11.5. The normalized spacial score (nSPS) is 10.3. The van der Waals surface area contributed by atoms with Crippen LogP contribution in [0.2, 0.25) is 5.02 Å². The van der Waals surface area contributed by atoms with E-state index in [4.69, 9.17) is 17.3 Å². The Morgan fingerprint density at radius 2 is 2.05 bits per heavy atom. The van der Waals surface area contributed by atoms with Crippen molar-refractivity contribution in [2.75, 3.05) is 18.2 Å². The van der Waals surface area contributed by atoms with Gasteiger partial charge < -0.3 is 15.8 Å². The van der Waals surface area contributed by atoms with Crippen LogP contribution in [0.4, 0.5) is 21.5 Å². The van der Waals surface area contributed by atoms with Crippen molar-refractivity contribution in [2.24, 2.45) is 0 Å². The number of esters is 1. The number of hydrogen-bond acceptors (Lipinski definition) is 4. The fraction of sp³-hybridized carbons (Fsp3) is 0.133. The number of aryl methyl sites for hydroxylation is 1. The van der Waals surface area contributed by atoms with Gasteiger partial charge in [-0.25, -0.2) is 9.18 Å². The number of rotatable bonds is 3. The molecule has 21 heavy (non-hydrogen) atoms. The van der Waals surface area contributed by atoms with E-state index in [-0.39, 0.29) is 11.3 Å². The summed E-state index contributed by atoms with van der Waals surface area (Å²) in [6.45, 7) is 1.76. The smallest absolute Gasteiger partial charge is 0.340 e. The number of carbonyl (C=O) groups excluding carboxylic acids is 1. The van der Waals surface area contributed by atoms with Crippen LogP contribution in [0.15, 0.2) is 30.3 Å². The van der Waals surface area contributed by atoms with Crippen LogP contribution in [0.25, 0.3) is 0 Å². The second-order valence-corrected chi connectivity index (χ2v) is 4.93. The van der Waals surface area contributed by atoms with Gasteiger partial charge in [-0.1, -0.05) is 11.6 Å². The van der Waals surface area contributed by atoms with E-state index < -0.39 is 11.8 Å². The Labute approximate surface area is 126 Å². The minimum Gasteiger partial charge on any atom is -0.465 e. The number of nitrogen functional groups attached to an aromatic ring is 1. The van der Waals surface area contributed by atoms with Crippen LogP contribution in [-0.4, -0.2) is 13.1 Å². The fourth-order valence-corrected chi connectivity index (χ4v) is 2.05. The molecule has 0 spiro atoms. The van der Waals surface area contributed by atoms with Crippen molar-refractivity contribution < 1.29 is 13.9 Å². The zero-order valence-corrected chi connectivity index (χ0v) is 12.3. The molecule has 2 aromatic rings. The summed E-state index contributed by atoms with van der Waals surface area (Å²) in [5, 5.41) is 3.20. The van der Waals surface area contributed by atoms with Crippen molar-refractivity contribution in [3.05, 3.63) is 52.3 Å². The minimum atomic E-state index is -0.546. The van der Waals surface area contributed by atoms with Crippen LogP contribution >= 0.6 is 11.6 Å². The highest BCUT2D eigenvalue weighted by Gasteiger charge is 2.14. The molecule has 0 fully saturated rings. The second-order valence-electron chi connectivity index (χ2n) is 4.50. The van der Waals surface area contributed by atoms with E-state index in [1.165, 1.54) is 25.3 Å². The average molecular weight is 309 g/mol. The van der Waals surface area contributed by atoms with Crippen LogP contribution in [0.3, 0.4) is 0 Å². The first-order chi connectivity index (χ1) is 9.92. The first kappa shape index (κ1) is 15.1. The van der Waals surface area contributed by atoms with Gasteiger partial charge in [-0.3, -0.25) is 0 Å². The topological polar surface area (TPSA) is 64.3 Å². The lowest BCUT2D eigenvalue weighted by Gasteiger charge is -2.13. The summed E-state index contributed by atoms with van der Waals surface area (Å²) in [5.41, 5.74) is 7.89. The molecule has 0 atom stereocenters. The Hall–Kier alpha value is -2.27. The molecule has 6 heteroatoms. The quantitative estimate of drug-likeness (QED) is 0.666. The number of nitrogens with two attached hydrogens (primary N) is 1. The van der Waals surface area contributed by atoms with Gasteiger partial charge in [0, 0.05) is 16.4 Å². The summed E-state index contributed by atoms with van der Waals surface area (Å²) in [6.07, 6.45) is 0. The van der Waals surface area contributed by atoms with E-state index in [0.717, 1.165) is 0 Å². The van der Waals surface area contributed by atoms with Crippen molar-refractivity contribution in [3.8, 4) is 0 Å². The molecule has 0 unspecified atom stereocenters. The fourth-order valence-electron chi connectivity index (χ4n) is 1.90. The van der Waals surface area contributed by atoms with E-state index in [1.54, 1.807) is 19.1 Å². The third-order valence-electron chi connectivity index (χ3n) is 3.00. The Balaban J connectivity index is 2.40. The molecule has 0 radical (unpaired) electrons. The number of anilines is 3. The van der Waals surface area contributed by atoms with E-state index >= 15 is 0 Å². The predicted octanol–water partition coefficient (Wildman–Crippen LogP) is 3.90. The maximum atomic E-state index is 13.8. The molecule has 0 bridgehead atoms. The number of benzene rings is 2. The summed E-state index contributed by atoms with van der Waals surface area (Å²) >= 11 is 5.71. The number of hydrogen-bond donors (Lipinski definition) is 2. The average Bonchev–Trinajstić information content (AvgIpc) is 2.44. The molecule has 3 N–H and O–H groups in total. The number of carbonyl (C=O) groups is 1. The second kappa shape index (κ2) is 6.01. The molecule has 110 valence electrons. The molecule has 4 nitrogen and oxygen atoms in total. The number of nitrogens with one attached hydrogen (secondary N) is 1. The van der Waals surface area contributed by atoms with E-state index in [9.17, 15) is 9.18 Å². The first-order valence-corrected chi connectivity index (χ1v) is 6.50. The Morgan fingerprint density at radius 3 is 2.67 bits per heavy atom. The maximum absolute atomic E-state index is 13.8. The molecule has 0 saturated heterocycles. The lowest BCUT2D eigenvalue weighted by Crippen LogP contribution is -2.08. The SMILES string of the molecule is COC(=O)c1cc(Nc2ccc(Cl)cc2F)cc(C)c1N. The van der Waals surface area contributed by atoms with E-state index in [2.05, 4.69) is 10.1 Å². The van der Waals surface area contributed by atoms with Gasteiger partial charge in [-0.2, -0.15) is 0 Å². The van der Waals surface area contributed by atoms with Gasteiger partial charge in [0.25, 0.3) is 0 Å². The van der Waals surface area contributed by atoms with Gasteiger partial charge in [0.05, 0.1) is 18.4 Å². The Bertz CT molecular complexity index is 704. The molecular formula is C15H14ClFN2O2. The zero-order chi connectivity index (χ0) is 15.6. The first-order valence-electron chi connectivity index (χ1n) is 6.13. The molecule has 0 aromatic heterocycles. The summed E-state index contributed by atoms with van der Waals surface area (Å²) in [6, 6.07) is 7.52. The highest BCUT2D eigenvalue weighted by molar-refractivity contribution is 6.30. The van der Waals surface area contributed by atoms with Crippen molar-refractivity contribution in [2.45, 2.75) is 6.92 Å². The molecule has 0 amide bonds. The lowest BCUT2D eigenvalue weighted by atomic mass is 10.1. The minimum absolute atomic E-state index is 0.231. The van der Waals surface area contributed by atoms with Crippen LogP contribution in [-0.2, 0) is 4.74 Å². The molecule has 0 heterocycles. The lowest BCUT2D eigenvalue weighted by molar-refractivity contribution is 0.0602. The molecular weight excluding hydrogens is 295 g/mol. The predicted molar refractivity (Wildman–Crippen MR) is 81.6 cm³/mol. The van der Waals surface area contributed by atoms with Gasteiger partial charge in [0.15, 0.2) is 0 Å². The van der Waals surface area contributed by atoms with Crippen LogP contribution < -0.4 is 11.1 Å². The monoisotopic (exact) mass is 308 g/mol. The van der Waals surface area contributed by atoms with Crippen LogP contribution in [0.5, 0.6) is 0 Å². The molecule has 0 aliphatic carbocycles. The maximum Gasteiger partial charge on any atom is 0.340 e. The number of halogens is 2. The molecule has 0 aliphatic heterocycles. The summed E-state index contributed by atoms with van der Waals surface area (Å²) in [4.78, 5) is 11.7. The molecule has 0 aliphatic rings. The third-order valence-corrected chi connectivity index (χ3v) is 3.24. The third kappa shape index (κ3) is 3.25. The van der Waals surface area contributed by atoms with E-state index in [1.807, 2.05) is 0 Å². The molecule has 2 rings (SSSR count). The van der Waals surface area contributed by atoms with Crippen LogP contribution in [0.1, 0.15) is 15.9 Å². The largest absolute Gasteiger partial charge is 0.465 e.